The number of aliphatic imine (C=N–C) groups is 2. The highest BCUT2D eigenvalue weighted by atomic mass is 16.7. The molecule has 0 saturated carbocycles. The van der Waals surface area contributed by atoms with E-state index in [1.54, 1.807) is 0 Å². The van der Waals surface area contributed by atoms with Gasteiger partial charge in [-0.1, -0.05) is 30.3 Å². The van der Waals surface area contributed by atoms with Crippen molar-refractivity contribution in [2.45, 2.75) is 119 Å². The Morgan fingerprint density at radius 2 is 0.826 bits per heavy atom. The van der Waals surface area contributed by atoms with Gasteiger partial charge >= 0.3 is 14.2 Å². The maximum absolute atomic E-state index is 6.30. The van der Waals surface area contributed by atoms with Gasteiger partial charge in [0.15, 0.2) is 0 Å². The van der Waals surface area contributed by atoms with E-state index in [-0.39, 0.29) is 22.4 Å². The second-order valence-electron chi connectivity index (χ2n) is 15.0. The highest BCUT2D eigenvalue weighted by molar-refractivity contribution is 6.62. The van der Waals surface area contributed by atoms with Gasteiger partial charge in [-0.15, -0.1) is 0 Å². The Bertz CT molecular complexity index is 1540. The van der Waals surface area contributed by atoms with Gasteiger partial charge < -0.3 is 18.6 Å². The summed E-state index contributed by atoms with van der Waals surface area (Å²) in [4.78, 5) is 15.1. The molecular weight excluding hydrogens is 572 g/mol. The summed E-state index contributed by atoms with van der Waals surface area (Å²) in [7, 11) is -0.816. The van der Waals surface area contributed by atoms with Crippen molar-refractivity contribution < 1.29 is 18.6 Å². The van der Waals surface area contributed by atoms with Crippen molar-refractivity contribution in [2.24, 2.45) is 9.98 Å². The zero-order valence-corrected chi connectivity index (χ0v) is 30.2. The molecular formula is C37H49B2N3O4. The van der Waals surface area contributed by atoms with Crippen LogP contribution in [0, 0.1) is 27.7 Å². The molecule has 0 spiro atoms. The quantitative estimate of drug-likeness (QED) is 0.215. The Labute approximate surface area is 276 Å². The third-order valence-electron chi connectivity index (χ3n) is 10.1. The second kappa shape index (κ2) is 11.9. The molecule has 0 radical (unpaired) electrons. The Morgan fingerprint density at radius 3 is 1.11 bits per heavy atom. The average Bonchev–Trinajstić information content (AvgIpc) is 3.31. The largest absolute Gasteiger partial charge is 0.494 e. The fraction of sp³-hybridized carbons (Fsp3) is 0.486. The number of rotatable bonds is 6. The molecule has 5 rings (SSSR count). The molecule has 7 nitrogen and oxygen atoms in total. The van der Waals surface area contributed by atoms with E-state index in [2.05, 4.69) is 107 Å². The summed E-state index contributed by atoms with van der Waals surface area (Å²) in [6, 6.07) is 14.5. The van der Waals surface area contributed by atoms with E-state index in [4.69, 9.17) is 33.6 Å². The van der Waals surface area contributed by atoms with Crippen molar-refractivity contribution in [1.82, 2.24) is 4.98 Å². The molecule has 0 unspecified atom stereocenters. The van der Waals surface area contributed by atoms with Crippen molar-refractivity contribution >= 4 is 48.0 Å². The highest BCUT2D eigenvalue weighted by Crippen LogP contribution is 2.38. The number of aryl methyl sites for hydroxylation is 4. The Morgan fingerprint density at radius 1 is 0.543 bits per heavy atom. The molecule has 3 heterocycles. The van der Waals surface area contributed by atoms with Crippen LogP contribution in [0.25, 0.3) is 0 Å². The third kappa shape index (κ3) is 6.40. The van der Waals surface area contributed by atoms with Gasteiger partial charge in [0.05, 0.1) is 56.6 Å². The monoisotopic (exact) mass is 621 g/mol. The summed E-state index contributed by atoms with van der Waals surface area (Å²) >= 11 is 0. The Kier molecular flexibility index (Phi) is 8.82. The summed E-state index contributed by atoms with van der Waals surface area (Å²) < 4.78 is 25.2. The van der Waals surface area contributed by atoms with E-state index in [1.807, 2.05) is 32.0 Å². The van der Waals surface area contributed by atoms with Crippen LogP contribution in [-0.2, 0) is 18.6 Å². The van der Waals surface area contributed by atoms with E-state index in [9.17, 15) is 0 Å². The van der Waals surface area contributed by atoms with E-state index in [0.29, 0.717) is 0 Å². The molecule has 1 aromatic heterocycles. The van der Waals surface area contributed by atoms with Gasteiger partial charge in [-0.3, -0.25) is 9.98 Å². The molecule has 46 heavy (non-hydrogen) atoms. The summed E-state index contributed by atoms with van der Waals surface area (Å²) in [6.07, 6.45) is 0. The SMILES string of the molecule is C/C(=N\c1c(C)cc(B2OC(C)(C)C(C)(C)O2)cc1C)c1cccc(/C(C)=N/c2c(C)cc(B3OC(C)(C)C(C)(C)O3)cc2C)n1. The van der Waals surface area contributed by atoms with Gasteiger partial charge in [0.2, 0.25) is 0 Å². The zero-order chi connectivity index (χ0) is 34.0. The van der Waals surface area contributed by atoms with E-state index < -0.39 is 14.2 Å². The van der Waals surface area contributed by atoms with Crippen LogP contribution in [-0.4, -0.2) is 53.0 Å². The molecule has 2 fully saturated rings. The van der Waals surface area contributed by atoms with Gasteiger partial charge in [0, 0.05) is 0 Å². The van der Waals surface area contributed by atoms with Crippen LogP contribution in [0.3, 0.4) is 0 Å². The fourth-order valence-corrected chi connectivity index (χ4v) is 5.85. The standard InChI is InChI=1S/C37H49B2N3O4/c1-22-18-28(38-43-34(7,8)35(9,10)44-38)19-23(2)32(22)40-26(5)30-16-15-17-31(42-30)27(6)41-33-24(3)20-29(21-25(33)4)39-45-36(11,12)37(13,14)46-39/h15-21H,1-14H3/b40-26+,41-27+. The van der Waals surface area contributed by atoms with Crippen molar-refractivity contribution in [3.8, 4) is 0 Å². The Balaban J connectivity index is 1.38. The predicted octanol–water partition coefficient (Wildman–Crippen LogP) is 7.20. The number of nitrogens with zero attached hydrogens (tertiary/aromatic N) is 3. The zero-order valence-electron chi connectivity index (χ0n) is 30.2. The van der Waals surface area contributed by atoms with Crippen LogP contribution in [0.4, 0.5) is 11.4 Å². The first-order valence-electron chi connectivity index (χ1n) is 16.2. The predicted molar refractivity (Wildman–Crippen MR) is 191 cm³/mol. The molecule has 9 heteroatoms. The lowest BCUT2D eigenvalue weighted by molar-refractivity contribution is 0.00578. The first-order chi connectivity index (χ1) is 21.2. The lowest BCUT2D eigenvalue weighted by Gasteiger charge is -2.32. The number of hydrogen-bond donors (Lipinski definition) is 0. The van der Waals surface area contributed by atoms with Gasteiger partial charge in [-0.05, 0) is 142 Å². The maximum Gasteiger partial charge on any atom is 0.494 e. The lowest BCUT2D eigenvalue weighted by atomic mass is 9.77. The van der Waals surface area contributed by atoms with Crippen molar-refractivity contribution in [3.05, 3.63) is 76.1 Å². The smallest absolute Gasteiger partial charge is 0.399 e. The highest BCUT2D eigenvalue weighted by Gasteiger charge is 2.52. The van der Waals surface area contributed by atoms with Crippen LogP contribution < -0.4 is 10.9 Å². The molecule has 2 aromatic carbocycles. The van der Waals surface area contributed by atoms with Crippen molar-refractivity contribution in [1.29, 1.82) is 0 Å². The molecule has 2 aliphatic heterocycles. The molecule has 242 valence electrons. The molecule has 0 N–H and O–H groups in total. The fourth-order valence-electron chi connectivity index (χ4n) is 5.85. The minimum atomic E-state index is -0.408. The van der Waals surface area contributed by atoms with Crippen LogP contribution >= 0.6 is 0 Å². The number of aromatic nitrogens is 1. The maximum atomic E-state index is 6.30. The molecule has 0 aliphatic carbocycles. The van der Waals surface area contributed by atoms with E-state index >= 15 is 0 Å². The summed E-state index contributed by atoms with van der Waals surface area (Å²) in [5, 5.41) is 0. The molecule has 2 saturated heterocycles. The normalized spacial score (nSPS) is 20.5. The minimum Gasteiger partial charge on any atom is -0.399 e. The first-order valence-corrected chi connectivity index (χ1v) is 16.2. The van der Waals surface area contributed by atoms with Gasteiger partial charge in [-0.25, -0.2) is 4.98 Å². The minimum absolute atomic E-state index is 0.389. The van der Waals surface area contributed by atoms with Crippen LogP contribution in [0.5, 0.6) is 0 Å². The number of hydrogen-bond acceptors (Lipinski definition) is 7. The van der Waals surface area contributed by atoms with Crippen LogP contribution in [0.2, 0.25) is 0 Å². The molecule has 0 bridgehead atoms. The van der Waals surface area contributed by atoms with Crippen LogP contribution in [0.15, 0.2) is 52.4 Å². The second-order valence-corrected chi connectivity index (χ2v) is 15.0. The topological polar surface area (TPSA) is 74.5 Å². The lowest BCUT2D eigenvalue weighted by Crippen LogP contribution is -2.41. The van der Waals surface area contributed by atoms with Gasteiger partial charge in [-0.2, -0.15) is 0 Å². The van der Waals surface area contributed by atoms with Gasteiger partial charge in [0.1, 0.15) is 0 Å². The summed E-state index contributed by atoms with van der Waals surface area (Å²) in [5.74, 6) is 0. The average molecular weight is 621 g/mol. The molecule has 0 atom stereocenters. The number of benzene rings is 2. The number of pyridine rings is 1. The molecule has 0 amide bonds. The van der Waals surface area contributed by atoms with Crippen molar-refractivity contribution in [3.63, 3.8) is 0 Å². The third-order valence-corrected chi connectivity index (χ3v) is 10.1. The van der Waals surface area contributed by atoms with Gasteiger partial charge in [0.25, 0.3) is 0 Å². The summed E-state index contributed by atoms with van der Waals surface area (Å²) in [5.41, 5.74) is 9.87. The van der Waals surface area contributed by atoms with Crippen molar-refractivity contribution in [2.75, 3.05) is 0 Å². The summed E-state index contributed by atoms with van der Waals surface area (Å²) in [6.45, 7) is 28.9. The van der Waals surface area contributed by atoms with E-state index in [0.717, 1.165) is 67.4 Å². The molecule has 2 aliphatic rings. The van der Waals surface area contributed by atoms with E-state index in [1.165, 1.54) is 0 Å². The molecule has 3 aromatic rings. The van der Waals surface area contributed by atoms with Crippen LogP contribution in [0.1, 0.15) is 103 Å². The Hall–Kier alpha value is -3.10. The first kappa shape index (κ1) is 34.2.